The Labute approximate surface area is 131 Å². The van der Waals surface area contributed by atoms with Crippen molar-refractivity contribution in [3.05, 3.63) is 0 Å². The van der Waals surface area contributed by atoms with E-state index in [0.717, 1.165) is 31.7 Å². The quantitative estimate of drug-likeness (QED) is 0.866. The molecule has 1 atom stereocenters. The van der Waals surface area contributed by atoms with E-state index in [1.165, 1.54) is 0 Å². The summed E-state index contributed by atoms with van der Waals surface area (Å²) in [4.78, 5) is 16.4. The van der Waals surface area contributed by atoms with Crippen molar-refractivity contribution in [1.82, 2.24) is 15.1 Å². The lowest BCUT2D eigenvalue weighted by Crippen LogP contribution is -2.51. The first-order valence-electron chi connectivity index (χ1n) is 8.15. The molecule has 2 aliphatic rings. The van der Waals surface area contributed by atoms with Crippen molar-refractivity contribution in [2.75, 3.05) is 31.9 Å². The number of halogens is 1. The minimum Gasteiger partial charge on any atom is -0.335 e. The summed E-state index contributed by atoms with van der Waals surface area (Å²) in [5.41, 5.74) is 0. The number of carbonyl (C=O) groups excluding carboxylic acids is 1. The van der Waals surface area contributed by atoms with Crippen LogP contribution in [0.2, 0.25) is 0 Å². The van der Waals surface area contributed by atoms with Gasteiger partial charge in [-0.1, -0.05) is 6.92 Å². The molecule has 2 rings (SSSR count). The minimum absolute atomic E-state index is 0.00340. The fourth-order valence-electron chi connectivity index (χ4n) is 3.07. The second-order valence-electron chi connectivity index (χ2n) is 5.98. The summed E-state index contributed by atoms with van der Waals surface area (Å²) in [5, 5.41) is 3.69. The molecule has 2 heterocycles. The number of nitrogens with one attached hydrogen (secondary N) is 1. The number of urea groups is 1. The van der Waals surface area contributed by atoms with Crippen molar-refractivity contribution >= 4 is 17.8 Å². The summed E-state index contributed by atoms with van der Waals surface area (Å²) in [6.45, 7) is 7.65. The zero-order valence-corrected chi connectivity index (χ0v) is 14.0. The zero-order valence-electron chi connectivity index (χ0n) is 13.2. The van der Waals surface area contributed by atoms with Crippen LogP contribution in [0.3, 0.4) is 0 Å². The summed E-state index contributed by atoms with van der Waals surface area (Å²) >= 11 is 1.97. The van der Waals surface area contributed by atoms with Crippen LogP contribution >= 0.6 is 11.8 Å². The van der Waals surface area contributed by atoms with Gasteiger partial charge in [0.25, 0.3) is 0 Å². The number of hydrogen-bond acceptors (Lipinski definition) is 3. The molecule has 2 amide bonds. The Morgan fingerprint density at radius 1 is 1.24 bits per heavy atom. The van der Waals surface area contributed by atoms with Crippen LogP contribution in [0, 0.1) is 0 Å². The Morgan fingerprint density at radius 3 is 2.43 bits per heavy atom. The predicted molar refractivity (Wildman–Crippen MR) is 86.4 cm³/mol. The van der Waals surface area contributed by atoms with Gasteiger partial charge in [0.2, 0.25) is 0 Å². The molecule has 0 aromatic rings. The third-order valence-electron chi connectivity index (χ3n) is 4.49. The van der Waals surface area contributed by atoms with Gasteiger partial charge in [0.05, 0.1) is 5.37 Å². The van der Waals surface area contributed by atoms with E-state index in [4.69, 9.17) is 0 Å². The van der Waals surface area contributed by atoms with Gasteiger partial charge in [-0.25, -0.2) is 9.18 Å². The highest BCUT2D eigenvalue weighted by Gasteiger charge is 2.27. The fourth-order valence-corrected chi connectivity index (χ4v) is 3.98. The van der Waals surface area contributed by atoms with Crippen molar-refractivity contribution in [2.45, 2.75) is 57.1 Å². The first kappa shape index (κ1) is 16.9. The number of nitrogens with zero attached hydrogens (tertiary/aromatic N) is 2. The molecule has 1 N–H and O–H groups in total. The van der Waals surface area contributed by atoms with Crippen molar-refractivity contribution in [3.63, 3.8) is 0 Å². The average Bonchev–Trinajstić information content (AvgIpc) is 2.49. The molecule has 0 bridgehead atoms. The summed E-state index contributed by atoms with van der Waals surface area (Å²) < 4.78 is 13.1. The van der Waals surface area contributed by atoms with Gasteiger partial charge in [0.15, 0.2) is 0 Å². The van der Waals surface area contributed by atoms with E-state index < -0.39 is 6.17 Å². The highest BCUT2D eigenvalue weighted by atomic mass is 32.2. The average molecular weight is 317 g/mol. The predicted octanol–water partition coefficient (Wildman–Crippen LogP) is 2.69. The molecule has 1 unspecified atom stereocenters. The van der Waals surface area contributed by atoms with Gasteiger partial charge in [0.1, 0.15) is 6.17 Å². The number of piperidine rings is 2. The molecule has 21 heavy (non-hydrogen) atoms. The molecule has 0 aromatic heterocycles. The molecule has 0 aromatic carbocycles. The summed E-state index contributed by atoms with van der Waals surface area (Å²) in [6, 6.07) is 0.270. The van der Waals surface area contributed by atoms with E-state index in [2.05, 4.69) is 24.1 Å². The molecule has 0 radical (unpaired) electrons. The second kappa shape index (κ2) is 8.22. The molecule has 0 aliphatic carbocycles. The van der Waals surface area contributed by atoms with Gasteiger partial charge in [0, 0.05) is 32.2 Å². The van der Waals surface area contributed by atoms with Crippen molar-refractivity contribution in [1.29, 1.82) is 0 Å². The number of amides is 2. The molecule has 6 heteroatoms. The topological polar surface area (TPSA) is 35.6 Å². The van der Waals surface area contributed by atoms with Crippen LogP contribution in [-0.2, 0) is 0 Å². The van der Waals surface area contributed by atoms with E-state index in [1.807, 2.05) is 11.8 Å². The number of alkyl halides is 1. The normalized spacial score (nSPS) is 24.0. The zero-order chi connectivity index (χ0) is 15.2. The molecule has 4 nitrogen and oxygen atoms in total. The Hall–Kier alpha value is -0.490. The monoisotopic (exact) mass is 317 g/mol. The molecular weight excluding hydrogens is 289 g/mol. The first-order valence-corrected chi connectivity index (χ1v) is 9.20. The largest absolute Gasteiger partial charge is 0.335 e. The van der Waals surface area contributed by atoms with Crippen LogP contribution in [0.4, 0.5) is 9.18 Å². The van der Waals surface area contributed by atoms with Crippen LogP contribution in [0.5, 0.6) is 0 Å². The van der Waals surface area contributed by atoms with Gasteiger partial charge in [-0.2, -0.15) is 0 Å². The summed E-state index contributed by atoms with van der Waals surface area (Å²) in [7, 11) is 0. The molecular formula is C15H28FN3OS. The lowest BCUT2D eigenvalue weighted by atomic mass is 10.1. The number of thioether (sulfide) groups is 1. The highest BCUT2D eigenvalue weighted by molar-refractivity contribution is 7.99. The Kier molecular flexibility index (Phi) is 6.61. The Morgan fingerprint density at radius 2 is 1.86 bits per heavy atom. The lowest BCUT2D eigenvalue weighted by Gasteiger charge is -2.37. The highest BCUT2D eigenvalue weighted by Crippen LogP contribution is 2.20. The van der Waals surface area contributed by atoms with E-state index in [-0.39, 0.29) is 12.1 Å². The van der Waals surface area contributed by atoms with Crippen molar-refractivity contribution < 1.29 is 9.18 Å². The minimum atomic E-state index is -0.727. The molecule has 0 saturated carbocycles. The number of carbonyl (C=O) groups is 1. The van der Waals surface area contributed by atoms with Crippen molar-refractivity contribution in [2.24, 2.45) is 0 Å². The fraction of sp³-hybridized carbons (Fsp3) is 0.933. The Bertz CT molecular complexity index is 329. The molecule has 2 saturated heterocycles. The third kappa shape index (κ3) is 5.02. The van der Waals surface area contributed by atoms with Crippen molar-refractivity contribution in [3.8, 4) is 0 Å². The standard InChI is InChI=1S/C15H28FN3OS/c1-3-21-12(2)18-10-6-14(7-11-18)17-15(20)19-8-4-13(16)5-9-19/h12-14H,3-11H2,1-2H3,(H,17,20). The van der Waals surface area contributed by atoms with Crippen LogP contribution in [0.25, 0.3) is 0 Å². The summed E-state index contributed by atoms with van der Waals surface area (Å²) in [6.07, 6.45) is 2.27. The third-order valence-corrected chi connectivity index (χ3v) is 5.60. The van der Waals surface area contributed by atoms with E-state index >= 15 is 0 Å². The van der Waals surface area contributed by atoms with E-state index in [0.29, 0.717) is 31.3 Å². The summed E-state index contributed by atoms with van der Waals surface area (Å²) in [5.74, 6) is 1.14. The number of hydrogen-bond donors (Lipinski definition) is 1. The van der Waals surface area contributed by atoms with Gasteiger partial charge in [-0.05, 0) is 38.4 Å². The van der Waals surface area contributed by atoms with Gasteiger partial charge in [-0.15, -0.1) is 11.8 Å². The van der Waals surface area contributed by atoms with Gasteiger partial charge < -0.3 is 10.2 Å². The van der Waals surface area contributed by atoms with Crippen LogP contribution in [0.15, 0.2) is 0 Å². The smallest absolute Gasteiger partial charge is 0.317 e. The van der Waals surface area contributed by atoms with Gasteiger partial charge in [-0.3, -0.25) is 4.90 Å². The van der Waals surface area contributed by atoms with Gasteiger partial charge >= 0.3 is 6.03 Å². The molecule has 122 valence electrons. The first-order chi connectivity index (χ1) is 10.1. The maximum absolute atomic E-state index is 13.1. The molecule has 0 spiro atoms. The number of likely N-dealkylation sites (tertiary alicyclic amines) is 2. The SMILES string of the molecule is CCSC(C)N1CCC(NC(=O)N2CCC(F)CC2)CC1. The van der Waals surface area contributed by atoms with Crippen LogP contribution < -0.4 is 5.32 Å². The molecule has 2 fully saturated rings. The maximum Gasteiger partial charge on any atom is 0.317 e. The Balaban J connectivity index is 1.69. The lowest BCUT2D eigenvalue weighted by molar-refractivity contribution is 0.141. The van der Waals surface area contributed by atoms with Crippen LogP contribution in [0.1, 0.15) is 39.5 Å². The molecule has 2 aliphatic heterocycles. The van der Waals surface area contributed by atoms with Crippen LogP contribution in [-0.4, -0.2) is 65.4 Å². The number of rotatable bonds is 4. The van der Waals surface area contributed by atoms with E-state index in [9.17, 15) is 9.18 Å². The van der Waals surface area contributed by atoms with E-state index in [1.54, 1.807) is 4.90 Å². The second-order valence-corrected chi connectivity index (χ2v) is 7.57. The maximum atomic E-state index is 13.1.